The van der Waals surface area contributed by atoms with Crippen LogP contribution in [-0.4, -0.2) is 75.0 Å². The zero-order valence-corrected chi connectivity index (χ0v) is 38.1. The SMILES string of the molecule is CC(C)(C)OC(=O)N1CCC2(CC(Nc3cccc(Cl)c3N)C2)C1.CC(C)(C)OC(=O)N1CCC2(CC(n3c(N)nc4c(Cl)cccc43)C2)C1.N#CBr.[Zn]. The van der Waals surface area contributed by atoms with E-state index in [4.69, 9.17) is 49.4 Å². The van der Waals surface area contributed by atoms with Gasteiger partial charge in [0.1, 0.15) is 21.7 Å². The van der Waals surface area contributed by atoms with E-state index in [1.807, 2.05) is 81.7 Å². The number of aromatic nitrogens is 2. The number of anilines is 3. The fourth-order valence-electron chi connectivity index (χ4n) is 8.08. The monoisotopic (exact) mass is 896 g/mol. The fraction of sp³-hybridized carbons (Fsp3) is 0.579. The molecule has 1 aromatic heterocycles. The molecule has 4 aliphatic rings. The quantitative estimate of drug-likeness (QED) is 0.172. The number of nitriles is 1. The molecule has 290 valence electrons. The zero-order chi connectivity index (χ0) is 38.9. The second kappa shape index (κ2) is 17.0. The summed E-state index contributed by atoms with van der Waals surface area (Å²) >= 11 is 14.8. The average Bonchev–Trinajstić information content (AvgIpc) is 3.74. The van der Waals surface area contributed by atoms with E-state index in [1.54, 1.807) is 11.0 Å². The summed E-state index contributed by atoms with van der Waals surface area (Å²) in [6.07, 6.45) is 5.71. The standard InChI is InChI=1S/C19H25ClN4O2.C18H26ClN3O2.CBrN.Zn/c1-18(2,3)26-17(25)23-8-7-19(11-23)9-12(10-19)24-14-6-4-5-13(20)15(14)22-16(24)21;1-17(2,3)24-16(23)22-8-7-18(11-22)9-12(10-18)21-14-6-4-5-13(19)15(14)20;2-1-3;/h4-6,12H,7-11H2,1-3H3,(H2,21,22);4-6,12,21H,7-11,20H2,1-3H3;;. The number of fused-ring (bicyclic) bond motifs is 1. The number of rotatable bonds is 3. The van der Waals surface area contributed by atoms with Gasteiger partial charge >= 0.3 is 12.2 Å². The molecule has 16 heteroatoms. The van der Waals surface area contributed by atoms with Crippen LogP contribution >= 0.6 is 39.1 Å². The summed E-state index contributed by atoms with van der Waals surface area (Å²) in [5.41, 5.74) is 14.9. The number of nitrogens with zero attached hydrogens (tertiary/aromatic N) is 5. The third kappa shape index (κ3) is 10.3. The molecular weight excluding hydrogens is 849 g/mol. The second-order valence-corrected chi connectivity index (χ2v) is 18.0. The number of likely N-dealkylation sites (tertiary alicyclic amines) is 2. The van der Waals surface area contributed by atoms with Gasteiger partial charge in [0.05, 0.1) is 26.9 Å². The van der Waals surface area contributed by atoms with E-state index in [-0.39, 0.29) is 42.5 Å². The Hall–Kier alpha value is -2.98. The van der Waals surface area contributed by atoms with Crippen molar-refractivity contribution in [2.45, 2.75) is 103 Å². The van der Waals surface area contributed by atoms with Gasteiger partial charge in [0.2, 0.25) is 5.95 Å². The first-order valence-corrected chi connectivity index (χ1v) is 19.5. The van der Waals surface area contributed by atoms with Gasteiger partial charge in [-0.15, -0.1) is 0 Å². The smallest absolute Gasteiger partial charge is 0.410 e. The molecule has 2 aliphatic heterocycles. The molecule has 12 nitrogen and oxygen atoms in total. The molecule has 4 fully saturated rings. The number of nitrogens with one attached hydrogen (secondary N) is 1. The molecule has 0 bridgehead atoms. The number of halogens is 3. The molecule has 3 heterocycles. The maximum Gasteiger partial charge on any atom is 0.410 e. The van der Waals surface area contributed by atoms with E-state index in [9.17, 15) is 9.59 Å². The minimum atomic E-state index is -0.460. The molecule has 2 saturated heterocycles. The number of nitrogens with two attached hydrogens (primary N) is 2. The van der Waals surface area contributed by atoms with Crippen LogP contribution in [0.25, 0.3) is 11.0 Å². The van der Waals surface area contributed by atoms with Crippen molar-refractivity contribution >= 4 is 79.7 Å². The molecule has 0 radical (unpaired) electrons. The maximum atomic E-state index is 12.3. The Bertz CT molecular complexity index is 1860. The second-order valence-electron chi connectivity index (χ2n) is 16.8. The number of carbonyl (C=O) groups is 2. The molecule has 2 aliphatic carbocycles. The number of carbonyl (C=O) groups excluding carboxylic acids is 2. The maximum absolute atomic E-state index is 12.3. The predicted molar refractivity (Wildman–Crippen MR) is 214 cm³/mol. The van der Waals surface area contributed by atoms with Gasteiger partial charge in [-0.1, -0.05) is 35.3 Å². The third-order valence-corrected chi connectivity index (χ3v) is 11.0. The average molecular weight is 900 g/mol. The van der Waals surface area contributed by atoms with Crippen LogP contribution in [0.4, 0.5) is 26.9 Å². The van der Waals surface area contributed by atoms with E-state index in [1.165, 1.54) is 0 Å². The van der Waals surface area contributed by atoms with E-state index in [0.29, 0.717) is 33.8 Å². The largest absolute Gasteiger partial charge is 0.444 e. The number of amides is 2. The Kier molecular flexibility index (Phi) is 13.8. The van der Waals surface area contributed by atoms with Crippen molar-refractivity contribution in [3.05, 3.63) is 46.4 Å². The van der Waals surface area contributed by atoms with Gasteiger partial charge in [0.15, 0.2) is 0 Å². The first-order chi connectivity index (χ1) is 24.8. The van der Waals surface area contributed by atoms with Crippen LogP contribution < -0.4 is 16.8 Å². The Morgan fingerprint density at radius 3 is 1.89 bits per heavy atom. The topological polar surface area (TPSA) is 165 Å². The van der Waals surface area contributed by atoms with E-state index in [2.05, 4.69) is 30.8 Å². The Morgan fingerprint density at radius 1 is 0.889 bits per heavy atom. The summed E-state index contributed by atoms with van der Waals surface area (Å²) in [4.78, 5) is 34.2. The van der Waals surface area contributed by atoms with Crippen molar-refractivity contribution in [1.82, 2.24) is 19.4 Å². The number of hydrogen-bond donors (Lipinski definition) is 3. The van der Waals surface area contributed by atoms with Gasteiger partial charge in [0, 0.05) is 73.7 Å². The van der Waals surface area contributed by atoms with Crippen LogP contribution in [0, 0.1) is 21.1 Å². The molecule has 2 spiro atoms. The molecule has 0 unspecified atom stereocenters. The predicted octanol–water partition coefficient (Wildman–Crippen LogP) is 9.22. The first-order valence-electron chi connectivity index (χ1n) is 17.9. The molecule has 0 atom stereocenters. The normalized spacial score (nSPS) is 24.2. The summed E-state index contributed by atoms with van der Waals surface area (Å²) in [6, 6.07) is 12.1. The Morgan fingerprint density at radius 2 is 1.37 bits per heavy atom. The molecule has 7 rings (SSSR count). The van der Waals surface area contributed by atoms with Crippen molar-refractivity contribution in [3.63, 3.8) is 0 Å². The Labute approximate surface area is 349 Å². The third-order valence-electron chi connectivity index (χ3n) is 10.4. The molecule has 2 amide bonds. The summed E-state index contributed by atoms with van der Waals surface area (Å²) in [7, 11) is 0. The number of para-hydroxylation sites is 2. The minimum absolute atomic E-state index is 0. The van der Waals surface area contributed by atoms with Crippen LogP contribution in [0.2, 0.25) is 10.0 Å². The van der Waals surface area contributed by atoms with Crippen molar-refractivity contribution in [2.24, 2.45) is 10.8 Å². The molecule has 3 aromatic rings. The van der Waals surface area contributed by atoms with Gasteiger partial charge in [0.25, 0.3) is 0 Å². The van der Waals surface area contributed by atoms with Gasteiger partial charge in [-0.25, -0.2) is 14.6 Å². The first kappa shape index (κ1) is 43.7. The van der Waals surface area contributed by atoms with Crippen molar-refractivity contribution in [2.75, 3.05) is 43.0 Å². The van der Waals surface area contributed by atoms with E-state index < -0.39 is 11.2 Å². The van der Waals surface area contributed by atoms with E-state index in [0.717, 1.165) is 81.4 Å². The number of ether oxygens (including phenoxy) is 2. The number of benzene rings is 2. The summed E-state index contributed by atoms with van der Waals surface area (Å²) in [5, 5.41) is 11.9. The molecule has 2 aromatic carbocycles. The molecular formula is C38H51BrCl2N8O4Zn. The number of hydrogen-bond acceptors (Lipinski definition) is 9. The summed E-state index contributed by atoms with van der Waals surface area (Å²) < 4.78 is 13.1. The van der Waals surface area contributed by atoms with Crippen LogP contribution in [0.5, 0.6) is 0 Å². The minimum Gasteiger partial charge on any atom is -0.444 e. The van der Waals surface area contributed by atoms with E-state index >= 15 is 0 Å². The van der Waals surface area contributed by atoms with Gasteiger partial charge < -0.3 is 40.6 Å². The zero-order valence-electron chi connectivity index (χ0n) is 32.1. The van der Waals surface area contributed by atoms with Gasteiger partial charge in [-0.05, 0) is 115 Å². The number of imidazole rings is 1. The Balaban J connectivity index is 0.000000221. The van der Waals surface area contributed by atoms with Crippen molar-refractivity contribution in [1.29, 1.82) is 5.26 Å². The summed E-state index contributed by atoms with van der Waals surface area (Å²) in [5.74, 6) is 0.509. The molecule has 5 N–H and O–H groups in total. The molecule has 54 heavy (non-hydrogen) atoms. The fourth-order valence-corrected chi connectivity index (χ4v) is 8.47. The van der Waals surface area contributed by atoms with Crippen LogP contribution in [0.1, 0.15) is 86.1 Å². The van der Waals surface area contributed by atoms with Crippen LogP contribution in [0.3, 0.4) is 0 Å². The van der Waals surface area contributed by atoms with Crippen molar-refractivity contribution in [3.8, 4) is 4.98 Å². The molecule has 2 saturated carbocycles. The van der Waals surface area contributed by atoms with Crippen LogP contribution in [-0.2, 0) is 29.0 Å². The van der Waals surface area contributed by atoms with Crippen molar-refractivity contribution < 1.29 is 38.5 Å². The number of nitrogen functional groups attached to an aromatic ring is 2. The summed E-state index contributed by atoms with van der Waals surface area (Å²) in [6.45, 7) is 14.5. The van der Waals surface area contributed by atoms with Gasteiger partial charge in [-0.2, -0.15) is 5.26 Å². The van der Waals surface area contributed by atoms with Crippen LogP contribution in [0.15, 0.2) is 36.4 Å². The van der Waals surface area contributed by atoms with Gasteiger partial charge in [-0.3, -0.25) is 0 Å².